The van der Waals surface area contributed by atoms with E-state index in [1.807, 2.05) is 37.4 Å². The van der Waals surface area contributed by atoms with Gasteiger partial charge in [0.15, 0.2) is 18.1 Å². The molecule has 0 radical (unpaired) electrons. The van der Waals surface area contributed by atoms with E-state index in [0.717, 1.165) is 18.7 Å². The molecule has 0 aromatic heterocycles. The van der Waals surface area contributed by atoms with E-state index in [-0.39, 0.29) is 12.5 Å². The summed E-state index contributed by atoms with van der Waals surface area (Å²) in [6.45, 7) is 1.92. The number of carbonyl (C=O) groups is 2. The summed E-state index contributed by atoms with van der Waals surface area (Å²) in [5, 5.41) is 2.76. The number of nitrogens with zero attached hydrogens (tertiary/aromatic N) is 1. The van der Waals surface area contributed by atoms with Crippen LogP contribution < -0.4 is 19.7 Å². The average Bonchev–Trinajstić information content (AvgIpc) is 2.75. The van der Waals surface area contributed by atoms with Crippen molar-refractivity contribution in [1.29, 1.82) is 0 Å². The van der Waals surface area contributed by atoms with Crippen molar-refractivity contribution in [3.63, 3.8) is 0 Å². The van der Waals surface area contributed by atoms with Gasteiger partial charge < -0.3 is 24.4 Å². The number of anilines is 1. The van der Waals surface area contributed by atoms with Crippen LogP contribution in [-0.2, 0) is 9.53 Å². The molecule has 0 aliphatic carbocycles. The van der Waals surface area contributed by atoms with Crippen molar-refractivity contribution in [1.82, 2.24) is 5.32 Å². The molecule has 1 amide bonds. The third kappa shape index (κ3) is 5.39. The molecular formula is C21H24N2O5. The number of ether oxygens (including phenoxy) is 3. The minimum atomic E-state index is -0.573. The number of para-hydroxylation sites is 1. The lowest BCUT2D eigenvalue weighted by molar-refractivity contribution is -0.124. The molecule has 0 fully saturated rings. The Hall–Kier alpha value is -3.22. The van der Waals surface area contributed by atoms with E-state index in [1.165, 1.54) is 0 Å². The quantitative estimate of drug-likeness (QED) is 0.556. The van der Waals surface area contributed by atoms with Gasteiger partial charge in [0, 0.05) is 25.8 Å². The molecule has 1 N–H and O–H groups in total. The molecule has 0 unspecified atom stereocenters. The van der Waals surface area contributed by atoms with Crippen molar-refractivity contribution in [3.05, 3.63) is 54.1 Å². The van der Waals surface area contributed by atoms with Crippen LogP contribution in [0.1, 0.15) is 16.8 Å². The largest absolute Gasteiger partial charge is 0.486 e. The molecule has 7 nitrogen and oxygen atoms in total. The molecule has 0 atom stereocenters. The van der Waals surface area contributed by atoms with E-state index >= 15 is 0 Å². The van der Waals surface area contributed by atoms with Crippen LogP contribution in [0, 0.1) is 0 Å². The first-order valence-electron chi connectivity index (χ1n) is 9.23. The lowest BCUT2D eigenvalue weighted by atomic mass is 10.2. The Morgan fingerprint density at radius 2 is 1.82 bits per heavy atom. The maximum absolute atomic E-state index is 12.1. The molecule has 2 aromatic carbocycles. The van der Waals surface area contributed by atoms with Crippen molar-refractivity contribution < 1.29 is 23.8 Å². The summed E-state index contributed by atoms with van der Waals surface area (Å²) in [5.74, 6) is 0.206. The zero-order valence-electron chi connectivity index (χ0n) is 15.8. The van der Waals surface area contributed by atoms with E-state index < -0.39 is 5.97 Å². The van der Waals surface area contributed by atoms with Crippen LogP contribution in [0.15, 0.2) is 48.5 Å². The molecule has 0 saturated carbocycles. The first-order valence-corrected chi connectivity index (χ1v) is 9.23. The number of amides is 1. The van der Waals surface area contributed by atoms with E-state index in [4.69, 9.17) is 14.2 Å². The highest BCUT2D eigenvalue weighted by Gasteiger charge is 2.16. The van der Waals surface area contributed by atoms with E-state index in [0.29, 0.717) is 36.8 Å². The van der Waals surface area contributed by atoms with Crippen LogP contribution in [0.5, 0.6) is 11.5 Å². The van der Waals surface area contributed by atoms with E-state index in [9.17, 15) is 9.59 Å². The molecule has 1 aliphatic heterocycles. The van der Waals surface area contributed by atoms with Crippen molar-refractivity contribution in [3.8, 4) is 11.5 Å². The Balaban J connectivity index is 1.35. The van der Waals surface area contributed by atoms with Crippen LogP contribution in [-0.4, -0.2) is 51.8 Å². The minimum Gasteiger partial charge on any atom is -0.486 e. The fourth-order valence-corrected chi connectivity index (χ4v) is 2.79. The summed E-state index contributed by atoms with van der Waals surface area (Å²) >= 11 is 0. The number of nitrogens with one attached hydrogen (secondary N) is 1. The fraction of sp³-hybridized carbons (Fsp3) is 0.333. The number of benzene rings is 2. The molecular weight excluding hydrogens is 360 g/mol. The Labute approximate surface area is 164 Å². The molecule has 148 valence electrons. The first-order chi connectivity index (χ1) is 13.6. The number of hydrogen-bond donors (Lipinski definition) is 1. The maximum Gasteiger partial charge on any atom is 0.338 e. The molecule has 1 aliphatic rings. The standard InChI is InChI=1S/C21H24N2O5/c1-23(17-6-3-2-4-7-17)11-5-10-22-20(24)15-28-21(25)16-8-9-18-19(14-16)27-13-12-26-18/h2-4,6-9,14H,5,10-13,15H2,1H3,(H,22,24). The SMILES string of the molecule is CN(CCCNC(=O)COC(=O)c1ccc2c(c1)OCCO2)c1ccccc1. The Kier molecular flexibility index (Phi) is 6.73. The van der Waals surface area contributed by atoms with Crippen LogP contribution in [0.25, 0.3) is 0 Å². The number of carbonyl (C=O) groups excluding carboxylic acids is 2. The summed E-state index contributed by atoms with van der Waals surface area (Å²) in [5.41, 5.74) is 1.45. The topological polar surface area (TPSA) is 77.1 Å². The second-order valence-electron chi connectivity index (χ2n) is 6.40. The van der Waals surface area contributed by atoms with Gasteiger partial charge in [-0.25, -0.2) is 4.79 Å². The highest BCUT2D eigenvalue weighted by Crippen LogP contribution is 2.30. The van der Waals surface area contributed by atoms with Crippen molar-refractivity contribution in [2.45, 2.75) is 6.42 Å². The zero-order valence-corrected chi connectivity index (χ0v) is 15.8. The van der Waals surface area contributed by atoms with E-state index in [2.05, 4.69) is 10.2 Å². The maximum atomic E-state index is 12.1. The van der Waals surface area contributed by atoms with Gasteiger partial charge in [-0.15, -0.1) is 0 Å². The molecule has 7 heteroatoms. The van der Waals surface area contributed by atoms with Gasteiger partial charge in [0.25, 0.3) is 5.91 Å². The summed E-state index contributed by atoms with van der Waals surface area (Å²) < 4.78 is 15.9. The predicted molar refractivity (Wildman–Crippen MR) is 105 cm³/mol. The van der Waals surface area contributed by atoms with Crippen molar-refractivity contribution in [2.24, 2.45) is 0 Å². The smallest absolute Gasteiger partial charge is 0.338 e. The van der Waals surface area contributed by atoms with Gasteiger partial charge in [0.05, 0.1) is 5.56 Å². The zero-order chi connectivity index (χ0) is 19.8. The van der Waals surface area contributed by atoms with Crippen LogP contribution >= 0.6 is 0 Å². The third-order valence-electron chi connectivity index (χ3n) is 4.30. The van der Waals surface area contributed by atoms with Crippen LogP contribution in [0.2, 0.25) is 0 Å². The fourth-order valence-electron chi connectivity index (χ4n) is 2.79. The van der Waals surface area contributed by atoms with Crippen molar-refractivity contribution >= 4 is 17.6 Å². The number of fused-ring (bicyclic) bond motifs is 1. The molecule has 0 bridgehead atoms. The van der Waals surface area contributed by atoms with E-state index in [1.54, 1.807) is 18.2 Å². The Morgan fingerprint density at radius 3 is 2.61 bits per heavy atom. The number of esters is 1. The molecule has 0 saturated heterocycles. The van der Waals surface area contributed by atoms with Gasteiger partial charge in [-0.2, -0.15) is 0 Å². The normalized spacial score (nSPS) is 12.2. The van der Waals surface area contributed by atoms with Gasteiger partial charge in [0.2, 0.25) is 0 Å². The van der Waals surface area contributed by atoms with Gasteiger partial charge in [-0.1, -0.05) is 18.2 Å². The Morgan fingerprint density at radius 1 is 1.07 bits per heavy atom. The summed E-state index contributed by atoms with van der Waals surface area (Å²) in [6, 6.07) is 14.8. The third-order valence-corrected chi connectivity index (χ3v) is 4.30. The highest BCUT2D eigenvalue weighted by molar-refractivity contribution is 5.92. The monoisotopic (exact) mass is 384 g/mol. The summed E-state index contributed by atoms with van der Waals surface area (Å²) in [7, 11) is 2.01. The summed E-state index contributed by atoms with van der Waals surface area (Å²) in [4.78, 5) is 26.1. The minimum absolute atomic E-state index is 0.318. The average molecular weight is 384 g/mol. The van der Waals surface area contributed by atoms with Crippen molar-refractivity contribution in [2.75, 3.05) is 44.9 Å². The Bertz CT molecular complexity index is 810. The van der Waals surface area contributed by atoms with Crippen LogP contribution in [0.4, 0.5) is 5.69 Å². The molecule has 0 spiro atoms. The second-order valence-corrected chi connectivity index (χ2v) is 6.40. The molecule has 1 heterocycles. The first kappa shape index (κ1) is 19.5. The number of hydrogen-bond acceptors (Lipinski definition) is 6. The van der Waals surface area contributed by atoms with Gasteiger partial charge in [-0.3, -0.25) is 4.79 Å². The summed E-state index contributed by atoms with van der Waals surface area (Å²) in [6.07, 6.45) is 0.785. The molecule has 3 rings (SSSR count). The van der Waals surface area contributed by atoms with Gasteiger partial charge in [-0.05, 0) is 36.8 Å². The second kappa shape index (κ2) is 9.64. The van der Waals surface area contributed by atoms with Crippen LogP contribution in [0.3, 0.4) is 0 Å². The van der Waals surface area contributed by atoms with Gasteiger partial charge >= 0.3 is 5.97 Å². The lowest BCUT2D eigenvalue weighted by Gasteiger charge is -2.19. The lowest BCUT2D eigenvalue weighted by Crippen LogP contribution is -2.31. The molecule has 28 heavy (non-hydrogen) atoms. The molecule has 2 aromatic rings. The van der Waals surface area contributed by atoms with Gasteiger partial charge in [0.1, 0.15) is 13.2 Å². The predicted octanol–water partition coefficient (Wildman–Crippen LogP) is 2.26. The highest BCUT2D eigenvalue weighted by atomic mass is 16.6. The number of rotatable bonds is 8.